The largest absolute Gasteiger partial charge is 0.480 e. The number of nitrogens with zero attached hydrogens (tertiary/aromatic N) is 2. The van der Waals surface area contributed by atoms with E-state index in [0.29, 0.717) is 0 Å². The van der Waals surface area contributed by atoms with Crippen molar-refractivity contribution in [1.82, 2.24) is 15.3 Å². The van der Waals surface area contributed by atoms with E-state index in [1.807, 2.05) is 54.6 Å². The zero-order chi connectivity index (χ0) is 24.7. The first-order chi connectivity index (χ1) is 16.9. The normalized spacial score (nSPS) is 12.1. The Balaban J connectivity index is 1.60. The number of pyridine rings is 2. The molecule has 8 nitrogen and oxygen atoms in total. The van der Waals surface area contributed by atoms with Crippen molar-refractivity contribution in [2.75, 3.05) is 11.9 Å². The number of aromatic nitrogens is 2. The molecule has 0 spiro atoms. The molecule has 0 bridgehead atoms. The lowest BCUT2D eigenvalue weighted by molar-refractivity contribution is -0.134. The van der Waals surface area contributed by atoms with E-state index < -0.39 is 21.2 Å². The Bertz CT molecular complexity index is 1380. The summed E-state index contributed by atoms with van der Waals surface area (Å²) in [5, 5.41) is 13.4. The fourth-order valence-corrected chi connectivity index (χ4v) is 5.00. The molecule has 2 aromatic heterocycles. The summed E-state index contributed by atoms with van der Waals surface area (Å²) in [6, 6.07) is 27.3. The van der Waals surface area contributed by atoms with Crippen molar-refractivity contribution in [3.05, 3.63) is 108 Å². The van der Waals surface area contributed by atoms with Crippen LogP contribution in [0.1, 0.15) is 16.6 Å². The minimum Gasteiger partial charge on any atom is -0.480 e. The van der Waals surface area contributed by atoms with Gasteiger partial charge >= 0.3 is 5.97 Å². The molecule has 178 valence electrons. The molecule has 0 aliphatic heterocycles. The van der Waals surface area contributed by atoms with E-state index in [2.05, 4.69) is 20.6 Å². The second kappa shape index (κ2) is 10.9. The Labute approximate surface area is 203 Å². The van der Waals surface area contributed by atoms with Gasteiger partial charge in [0, 0.05) is 12.7 Å². The van der Waals surface area contributed by atoms with Crippen LogP contribution in [0.3, 0.4) is 0 Å². The van der Waals surface area contributed by atoms with Crippen molar-refractivity contribution in [2.45, 2.75) is 16.9 Å². The molecule has 0 aliphatic rings. The van der Waals surface area contributed by atoms with Gasteiger partial charge < -0.3 is 10.4 Å². The van der Waals surface area contributed by atoms with Crippen LogP contribution in [0.15, 0.2) is 102 Å². The number of benzene rings is 2. The number of nitrogens with one attached hydrogen (secondary N) is 2. The van der Waals surface area contributed by atoms with Crippen molar-refractivity contribution in [1.29, 1.82) is 0 Å². The highest BCUT2D eigenvalue weighted by Crippen LogP contribution is 2.26. The lowest BCUT2D eigenvalue weighted by Gasteiger charge is -2.19. The molecule has 1 unspecified atom stereocenters. The number of carboxylic acid groups (broad SMARTS) is 1. The van der Waals surface area contributed by atoms with Crippen LogP contribution in [-0.2, 0) is 21.2 Å². The van der Waals surface area contributed by atoms with E-state index in [1.54, 1.807) is 30.3 Å². The Morgan fingerprint density at radius 1 is 0.857 bits per heavy atom. The fourth-order valence-electron chi connectivity index (χ4n) is 3.53. The Morgan fingerprint density at radius 3 is 2.26 bits per heavy atom. The molecular weight excluding hydrogens is 464 g/mol. The number of aliphatic carboxylic acids is 1. The summed E-state index contributed by atoms with van der Waals surface area (Å²) in [6.07, 6.45) is 1.42. The van der Waals surface area contributed by atoms with Gasteiger partial charge in [-0.15, -0.1) is 0 Å². The highest BCUT2D eigenvalue weighted by molar-refractivity contribution is 7.91. The molecule has 35 heavy (non-hydrogen) atoms. The summed E-state index contributed by atoms with van der Waals surface area (Å²) < 4.78 is 27.0. The highest BCUT2D eigenvalue weighted by Gasteiger charge is 2.31. The third-order valence-corrected chi connectivity index (χ3v) is 7.11. The molecule has 0 saturated heterocycles. The quantitative estimate of drug-likeness (QED) is 0.307. The summed E-state index contributed by atoms with van der Waals surface area (Å²) in [7, 11) is -3.95. The predicted octanol–water partition coefficient (Wildman–Crippen LogP) is 3.90. The van der Waals surface area contributed by atoms with Crippen molar-refractivity contribution in [2.24, 2.45) is 0 Å². The van der Waals surface area contributed by atoms with Gasteiger partial charge in [-0.2, -0.15) is 0 Å². The van der Waals surface area contributed by atoms with Crippen LogP contribution in [0.2, 0.25) is 0 Å². The minimum atomic E-state index is -3.95. The monoisotopic (exact) mass is 488 g/mol. The molecule has 1 atom stereocenters. The molecule has 3 N–H and O–H groups in total. The summed E-state index contributed by atoms with van der Waals surface area (Å²) in [5.74, 6) is -0.785. The molecule has 2 aromatic carbocycles. The van der Waals surface area contributed by atoms with Gasteiger partial charge in [-0.1, -0.05) is 66.7 Å². The van der Waals surface area contributed by atoms with Gasteiger partial charge in [-0.3, -0.25) is 10.1 Å². The second-order valence-corrected chi connectivity index (χ2v) is 9.71. The molecule has 4 rings (SSSR count). The lowest BCUT2D eigenvalue weighted by atomic mass is 10.0. The number of rotatable bonds is 10. The SMILES string of the molecule is O=C(O)CNc1cccc(C(NCc2ccc(-c3ccccc3)cc2)S(=O)(=O)c2ccccn2)n1. The molecule has 2 heterocycles. The van der Waals surface area contributed by atoms with Crippen LogP contribution >= 0.6 is 0 Å². The summed E-state index contributed by atoms with van der Waals surface area (Å²) >= 11 is 0. The predicted molar refractivity (Wildman–Crippen MR) is 133 cm³/mol. The number of hydrogen-bond donors (Lipinski definition) is 3. The first-order valence-electron chi connectivity index (χ1n) is 10.9. The maximum absolute atomic E-state index is 13.5. The average Bonchev–Trinajstić information content (AvgIpc) is 2.89. The Kier molecular flexibility index (Phi) is 7.49. The van der Waals surface area contributed by atoms with Gasteiger partial charge in [0.25, 0.3) is 0 Å². The maximum atomic E-state index is 13.5. The Morgan fingerprint density at radius 2 is 1.57 bits per heavy atom. The minimum absolute atomic E-state index is 0.0809. The summed E-state index contributed by atoms with van der Waals surface area (Å²) in [5.41, 5.74) is 3.28. The van der Waals surface area contributed by atoms with Crippen LogP contribution in [0.4, 0.5) is 5.82 Å². The molecule has 0 amide bonds. The first kappa shape index (κ1) is 24.1. The van der Waals surface area contributed by atoms with E-state index in [9.17, 15) is 13.2 Å². The molecule has 9 heteroatoms. The Hall–Kier alpha value is -4.08. The van der Waals surface area contributed by atoms with Crippen LogP contribution in [0.5, 0.6) is 0 Å². The van der Waals surface area contributed by atoms with E-state index in [4.69, 9.17) is 5.11 Å². The maximum Gasteiger partial charge on any atom is 0.322 e. The molecule has 4 aromatic rings. The van der Waals surface area contributed by atoms with Gasteiger partial charge in [-0.05, 0) is 41.0 Å². The zero-order valence-electron chi connectivity index (χ0n) is 18.7. The second-order valence-electron chi connectivity index (χ2n) is 7.73. The van der Waals surface area contributed by atoms with Crippen LogP contribution in [0.25, 0.3) is 11.1 Å². The third kappa shape index (κ3) is 6.08. The van der Waals surface area contributed by atoms with E-state index in [0.717, 1.165) is 16.7 Å². The summed E-state index contributed by atoms with van der Waals surface area (Å²) in [4.78, 5) is 19.3. The summed E-state index contributed by atoms with van der Waals surface area (Å²) in [6.45, 7) is -0.0738. The van der Waals surface area contributed by atoms with Gasteiger partial charge in [0.1, 0.15) is 12.4 Å². The number of carbonyl (C=O) groups is 1. The number of sulfone groups is 1. The van der Waals surface area contributed by atoms with E-state index in [1.165, 1.54) is 12.3 Å². The molecule has 0 saturated carbocycles. The van der Waals surface area contributed by atoms with E-state index in [-0.39, 0.29) is 29.6 Å². The number of hydrogen-bond acceptors (Lipinski definition) is 7. The molecule has 0 aliphatic carbocycles. The first-order valence-corrected chi connectivity index (χ1v) is 12.4. The lowest BCUT2D eigenvalue weighted by Crippen LogP contribution is -2.30. The van der Waals surface area contributed by atoms with Crippen molar-refractivity contribution < 1.29 is 18.3 Å². The molecule has 0 fully saturated rings. The standard InChI is InChI=1S/C26H24N4O4S/c31-25(32)18-28-23-10-6-9-22(30-23)26(35(33,34)24-11-4-5-16-27-24)29-17-19-12-14-21(15-13-19)20-7-2-1-3-8-20/h1-16,26,29H,17-18H2,(H,28,30)(H,31,32). The van der Waals surface area contributed by atoms with Gasteiger partial charge in [-0.25, -0.2) is 18.4 Å². The zero-order valence-corrected chi connectivity index (χ0v) is 19.5. The van der Waals surface area contributed by atoms with E-state index >= 15 is 0 Å². The number of carboxylic acids is 1. The van der Waals surface area contributed by atoms with Crippen molar-refractivity contribution >= 4 is 21.6 Å². The fraction of sp³-hybridized carbons (Fsp3) is 0.115. The third-order valence-electron chi connectivity index (χ3n) is 5.25. The van der Waals surface area contributed by atoms with Crippen LogP contribution in [0, 0.1) is 0 Å². The average molecular weight is 489 g/mol. The number of anilines is 1. The van der Waals surface area contributed by atoms with Crippen molar-refractivity contribution in [3.8, 4) is 11.1 Å². The van der Waals surface area contributed by atoms with Gasteiger partial charge in [0.15, 0.2) is 10.4 Å². The molecular formula is C26H24N4O4S. The molecule has 0 radical (unpaired) electrons. The van der Waals surface area contributed by atoms with Crippen molar-refractivity contribution in [3.63, 3.8) is 0 Å². The topological polar surface area (TPSA) is 121 Å². The van der Waals surface area contributed by atoms with Gasteiger partial charge in [0.2, 0.25) is 9.84 Å². The van der Waals surface area contributed by atoms with Crippen LogP contribution < -0.4 is 10.6 Å². The van der Waals surface area contributed by atoms with Crippen LogP contribution in [-0.4, -0.2) is 36.0 Å². The highest BCUT2D eigenvalue weighted by atomic mass is 32.2. The smallest absolute Gasteiger partial charge is 0.322 e. The van der Waals surface area contributed by atoms with Gasteiger partial charge in [0.05, 0.1) is 5.69 Å².